The minimum Gasteiger partial charge on any atom is -0.501 e. The van der Waals surface area contributed by atoms with Crippen molar-refractivity contribution in [3.8, 4) is 33.6 Å². The number of pyridine rings is 2. The maximum absolute atomic E-state index is 8.46. The van der Waals surface area contributed by atoms with Gasteiger partial charge in [0.25, 0.3) is 0 Å². The van der Waals surface area contributed by atoms with Crippen molar-refractivity contribution >= 4 is 43.5 Å². The normalized spacial score (nSPS) is 14.7. The Morgan fingerprint density at radius 1 is 0.627 bits per heavy atom. The average Bonchev–Trinajstić information content (AvgIpc) is 3.67. The van der Waals surface area contributed by atoms with Crippen LogP contribution >= 0.6 is 0 Å². The smallest absolute Gasteiger partial charge is 0.121 e. The van der Waals surface area contributed by atoms with Crippen LogP contribution in [0.2, 0.25) is 0 Å². The van der Waals surface area contributed by atoms with E-state index in [0.29, 0.717) is 33.5 Å². The predicted molar refractivity (Wildman–Crippen MR) is 246 cm³/mol. The summed E-state index contributed by atoms with van der Waals surface area (Å²) in [5.41, 5.74) is 6.94. The number of aromatic nitrogens is 2. The van der Waals surface area contributed by atoms with Gasteiger partial charge in [-0.15, -0.1) is 53.6 Å². The van der Waals surface area contributed by atoms with Crippen LogP contribution in [0.4, 0.5) is 0 Å². The number of fused-ring (bicyclic) bond motifs is 6. The van der Waals surface area contributed by atoms with E-state index in [1.807, 2.05) is 48.7 Å². The fourth-order valence-electron chi connectivity index (χ4n) is 7.64. The Balaban J connectivity index is 0.000000274. The summed E-state index contributed by atoms with van der Waals surface area (Å²) < 4.78 is 78.9. The van der Waals surface area contributed by atoms with Crippen LogP contribution in [0.3, 0.4) is 0 Å². The largest absolute Gasteiger partial charge is 0.501 e. The van der Waals surface area contributed by atoms with Gasteiger partial charge in [0.1, 0.15) is 5.58 Å². The zero-order valence-corrected chi connectivity index (χ0v) is 36.6. The summed E-state index contributed by atoms with van der Waals surface area (Å²) in [7, 11) is 0. The third-order valence-corrected chi connectivity index (χ3v) is 11.7. The number of rotatable bonds is 6. The Kier molecular flexibility index (Phi) is 8.91. The van der Waals surface area contributed by atoms with Crippen LogP contribution in [0, 0.1) is 32.7 Å². The average molecular weight is 958 g/mol. The van der Waals surface area contributed by atoms with E-state index in [1.165, 1.54) is 17.8 Å². The molecular weight excluding hydrogens is 897 g/mol. The summed E-state index contributed by atoms with van der Waals surface area (Å²) in [6, 6.07) is 42.7. The molecule has 59 heavy (non-hydrogen) atoms. The van der Waals surface area contributed by atoms with Gasteiger partial charge in [0.05, 0.1) is 5.58 Å². The van der Waals surface area contributed by atoms with Crippen molar-refractivity contribution in [2.24, 2.45) is 0 Å². The van der Waals surface area contributed by atoms with Crippen molar-refractivity contribution < 1.29 is 36.9 Å². The predicted octanol–water partition coefficient (Wildman–Crippen LogP) is 15.3. The molecule has 0 aliphatic carbocycles. The first-order valence-electron chi connectivity index (χ1n) is 24.3. The zero-order chi connectivity index (χ0) is 48.3. The van der Waals surface area contributed by atoms with Crippen LogP contribution in [-0.2, 0) is 30.9 Å². The minimum atomic E-state index is -2.52. The molecule has 3 heterocycles. The first-order valence-corrected chi connectivity index (χ1v) is 19.8. The van der Waals surface area contributed by atoms with Gasteiger partial charge in [0.15, 0.2) is 0 Å². The summed E-state index contributed by atoms with van der Waals surface area (Å²) in [6.07, 6.45) is 4.88. The first-order chi connectivity index (χ1) is 31.5. The molecule has 0 aliphatic rings. The van der Waals surface area contributed by atoms with Crippen molar-refractivity contribution in [1.29, 1.82) is 0 Å². The summed E-state index contributed by atoms with van der Waals surface area (Å²) in [6.45, 7) is 5.65. The Bertz CT molecular complexity index is 3210. The van der Waals surface area contributed by atoms with Crippen molar-refractivity contribution in [3.63, 3.8) is 0 Å². The van der Waals surface area contributed by atoms with Crippen molar-refractivity contribution in [2.45, 2.75) is 85.8 Å². The van der Waals surface area contributed by atoms with Gasteiger partial charge in [-0.25, -0.2) is 0 Å². The van der Waals surface area contributed by atoms with Crippen LogP contribution < -0.4 is 0 Å². The van der Waals surface area contributed by atoms with E-state index < -0.39 is 20.6 Å². The Morgan fingerprint density at radius 3 is 2.12 bits per heavy atom. The molecule has 0 amide bonds. The molecule has 3 aromatic heterocycles. The molecule has 0 fully saturated rings. The topological polar surface area (TPSA) is 38.9 Å². The van der Waals surface area contributed by atoms with Crippen molar-refractivity contribution in [1.82, 2.24) is 9.97 Å². The molecule has 0 unspecified atom stereocenters. The third-order valence-electron chi connectivity index (χ3n) is 11.7. The molecule has 299 valence electrons. The maximum atomic E-state index is 8.46. The number of furan rings is 1. The molecule has 4 heteroatoms. The van der Waals surface area contributed by atoms with Crippen LogP contribution in [0.15, 0.2) is 132 Å². The van der Waals surface area contributed by atoms with Gasteiger partial charge in [-0.1, -0.05) is 132 Å². The standard InChI is InChI=1S/C39H34NO.C16H18N.Ir/c1-6-39(5,7-2)28-17-18-29(24(3)19-28)33-21-36(40-23-25(33)4)32-14-10-13-31-35-20-27-16-15-26-11-8-9-12-30(26)34(27)22-37(35)41-38(31)32;1-12-5-7-13(8-6-12)15-10-9-14(11-17-15)16(2,3)4;/h8-13,15-23H,6-7H2,1-5H3;5-7,9-11H,1-4H3;/q2*-1;/i3D3,4D3;1D3;. The van der Waals surface area contributed by atoms with E-state index >= 15 is 0 Å². The fraction of sp³-hybridized carbons (Fsp3) is 0.236. The van der Waals surface area contributed by atoms with E-state index in [0.717, 1.165) is 67.6 Å². The molecule has 0 saturated heterocycles. The van der Waals surface area contributed by atoms with E-state index in [4.69, 9.17) is 16.8 Å². The second-order valence-electron chi connectivity index (χ2n) is 16.4. The van der Waals surface area contributed by atoms with Crippen LogP contribution in [0.25, 0.3) is 77.1 Å². The number of hydrogen-bond acceptors (Lipinski definition) is 3. The monoisotopic (exact) mass is 958 g/mol. The second kappa shape index (κ2) is 16.7. The Morgan fingerprint density at radius 2 is 1.41 bits per heavy atom. The van der Waals surface area contributed by atoms with Gasteiger partial charge >= 0.3 is 0 Å². The number of hydrogen-bond donors (Lipinski definition) is 0. The number of nitrogens with zero attached hydrogens (tertiary/aromatic N) is 2. The summed E-state index contributed by atoms with van der Waals surface area (Å²) in [5.74, 6) is 0. The zero-order valence-electron chi connectivity index (χ0n) is 43.2. The van der Waals surface area contributed by atoms with Gasteiger partial charge in [-0.05, 0) is 116 Å². The molecule has 6 aromatic carbocycles. The van der Waals surface area contributed by atoms with Gasteiger partial charge in [-0.3, -0.25) is 0 Å². The molecule has 3 nitrogen and oxygen atoms in total. The molecule has 9 rings (SSSR count). The van der Waals surface area contributed by atoms with E-state index in [2.05, 4.69) is 100 Å². The Labute approximate surface area is 375 Å². The SMILES string of the molecule is [2H]C([2H])([2H])c1c[c-]c(-c2ccc(C(C)(C)C)cn2)cc1.[2H]C([2H])([2H])c1cnc(-c2[c-]ccc3c2oc2cc4c(ccc5ccccc54)cc23)cc1-c1ccc(C(C)(CC)CC)cc1C([2H])([2H])[2H].[Ir]. The van der Waals surface area contributed by atoms with Crippen molar-refractivity contribution in [3.05, 3.63) is 168 Å². The van der Waals surface area contributed by atoms with Gasteiger partial charge in [-0.2, -0.15) is 0 Å². The van der Waals surface area contributed by atoms with E-state index in [1.54, 1.807) is 30.3 Å². The summed E-state index contributed by atoms with van der Waals surface area (Å²) in [5, 5.41) is 6.31. The third kappa shape index (κ3) is 8.14. The molecule has 0 saturated carbocycles. The Hall–Kier alpha value is -5.41. The second-order valence-corrected chi connectivity index (χ2v) is 16.4. The summed E-state index contributed by atoms with van der Waals surface area (Å²) >= 11 is 0. The minimum absolute atomic E-state index is 0. The van der Waals surface area contributed by atoms with E-state index in [9.17, 15) is 0 Å². The molecule has 0 N–H and O–H groups in total. The van der Waals surface area contributed by atoms with Crippen molar-refractivity contribution in [2.75, 3.05) is 0 Å². The number of aryl methyl sites for hydroxylation is 3. The molecule has 0 spiro atoms. The van der Waals surface area contributed by atoms with Crippen LogP contribution in [0.5, 0.6) is 0 Å². The quantitative estimate of drug-likeness (QED) is 0.123. The van der Waals surface area contributed by atoms with Crippen LogP contribution in [0.1, 0.15) is 94.5 Å². The molecule has 0 atom stereocenters. The molecule has 1 radical (unpaired) electrons. The molecule has 9 aromatic rings. The molecule has 0 aliphatic heterocycles. The molecule has 0 bridgehead atoms. The van der Waals surface area contributed by atoms with Crippen LogP contribution in [-0.4, -0.2) is 9.97 Å². The summed E-state index contributed by atoms with van der Waals surface area (Å²) in [4.78, 5) is 9.04. The van der Waals surface area contributed by atoms with E-state index in [-0.39, 0.29) is 42.1 Å². The van der Waals surface area contributed by atoms with Gasteiger partial charge < -0.3 is 14.4 Å². The molecular formula is C55H52IrN2O-2. The first kappa shape index (κ1) is 31.5. The number of benzene rings is 6. The van der Waals surface area contributed by atoms with Gasteiger partial charge in [0.2, 0.25) is 0 Å². The maximum Gasteiger partial charge on any atom is 0.121 e. The fourth-order valence-corrected chi connectivity index (χ4v) is 7.64. The van der Waals surface area contributed by atoms with Gasteiger partial charge in [0, 0.05) is 50.2 Å².